The van der Waals surface area contributed by atoms with Crippen LogP contribution in [0.2, 0.25) is 0 Å². The summed E-state index contributed by atoms with van der Waals surface area (Å²) in [6, 6.07) is 7.27. The maximum atomic E-state index is 12.9. The van der Waals surface area contributed by atoms with Crippen molar-refractivity contribution in [2.75, 3.05) is 29.1 Å². The van der Waals surface area contributed by atoms with Gasteiger partial charge in [-0.2, -0.15) is 4.98 Å². The summed E-state index contributed by atoms with van der Waals surface area (Å²) in [4.78, 5) is 31.9. The number of fused-ring (bicyclic) bond motifs is 3. The van der Waals surface area contributed by atoms with Crippen LogP contribution in [0, 0.1) is 0 Å². The maximum absolute atomic E-state index is 12.9. The van der Waals surface area contributed by atoms with Gasteiger partial charge in [-0.15, -0.1) is 21.9 Å². The van der Waals surface area contributed by atoms with Gasteiger partial charge in [-0.25, -0.2) is 5.10 Å². The lowest BCUT2D eigenvalue weighted by atomic mass is 10.1. The molecule has 4 heterocycles. The van der Waals surface area contributed by atoms with Gasteiger partial charge in [-0.1, -0.05) is 30.0 Å². The van der Waals surface area contributed by atoms with Crippen LogP contribution in [0.3, 0.4) is 0 Å². The van der Waals surface area contributed by atoms with Gasteiger partial charge in [0.25, 0.3) is 5.56 Å². The molecule has 11 nitrogen and oxygen atoms in total. The number of benzene rings is 1. The number of carbonyl (C=O) groups excluding carboxylic acids is 1. The third kappa shape index (κ3) is 4.09. The first kappa shape index (κ1) is 21.2. The predicted molar refractivity (Wildman–Crippen MR) is 127 cm³/mol. The molecule has 1 saturated heterocycles. The van der Waals surface area contributed by atoms with E-state index >= 15 is 0 Å². The van der Waals surface area contributed by atoms with Crippen molar-refractivity contribution in [3.05, 3.63) is 47.3 Å². The van der Waals surface area contributed by atoms with Gasteiger partial charge in [-0.3, -0.25) is 23.9 Å². The highest BCUT2D eigenvalue weighted by Crippen LogP contribution is 2.22. The van der Waals surface area contributed by atoms with Crippen LogP contribution < -0.4 is 15.8 Å². The summed E-state index contributed by atoms with van der Waals surface area (Å²) in [6.07, 6.45) is 5.10. The monoisotopic (exact) mass is 465 g/mol. The fourth-order valence-corrected chi connectivity index (χ4v) is 4.70. The fourth-order valence-electron chi connectivity index (χ4n) is 3.96. The lowest BCUT2D eigenvalue weighted by Gasteiger charge is -2.24. The van der Waals surface area contributed by atoms with Crippen molar-refractivity contribution in [2.24, 2.45) is 0 Å². The van der Waals surface area contributed by atoms with Crippen molar-refractivity contribution in [1.82, 2.24) is 34.3 Å². The van der Waals surface area contributed by atoms with E-state index in [9.17, 15) is 9.59 Å². The van der Waals surface area contributed by atoms with Gasteiger partial charge in [0, 0.05) is 19.6 Å². The van der Waals surface area contributed by atoms with E-state index < -0.39 is 0 Å². The minimum Gasteiger partial charge on any atom is -0.340 e. The third-order valence-corrected chi connectivity index (χ3v) is 6.42. The first-order valence-electron chi connectivity index (χ1n) is 10.7. The Bertz CT molecular complexity index is 1380. The number of hydrogen-bond donors (Lipinski definition) is 2. The molecular weight excluding hydrogens is 442 g/mol. The van der Waals surface area contributed by atoms with Crippen LogP contribution in [0.1, 0.15) is 19.3 Å². The summed E-state index contributed by atoms with van der Waals surface area (Å²) < 4.78 is 3.31. The first-order chi connectivity index (χ1) is 16.2. The molecule has 0 radical (unpaired) electrons. The second-order valence-corrected chi connectivity index (χ2v) is 8.65. The molecular formula is C21H23N9O2S. The molecule has 5 rings (SSSR count). The second kappa shape index (κ2) is 9.06. The third-order valence-electron chi connectivity index (χ3n) is 5.49. The van der Waals surface area contributed by atoms with E-state index in [4.69, 9.17) is 0 Å². The summed E-state index contributed by atoms with van der Waals surface area (Å²) >= 11 is 1.23. The Morgan fingerprint density at radius 2 is 2.03 bits per heavy atom. The average Bonchev–Trinajstić information content (AvgIpc) is 3.48. The van der Waals surface area contributed by atoms with E-state index in [1.54, 1.807) is 16.5 Å². The molecule has 4 aromatic rings. The van der Waals surface area contributed by atoms with Crippen LogP contribution in [-0.2, 0) is 11.3 Å². The van der Waals surface area contributed by atoms with E-state index in [2.05, 4.69) is 42.2 Å². The van der Waals surface area contributed by atoms with Crippen LogP contribution >= 0.6 is 11.8 Å². The molecule has 0 saturated carbocycles. The van der Waals surface area contributed by atoms with Crippen molar-refractivity contribution in [3.63, 3.8) is 0 Å². The number of allylic oxidation sites excluding steroid dienone is 1. The zero-order valence-electron chi connectivity index (χ0n) is 17.9. The molecule has 1 aliphatic rings. The molecule has 0 spiro atoms. The number of aromatic nitrogens is 7. The van der Waals surface area contributed by atoms with Gasteiger partial charge >= 0.3 is 0 Å². The number of hydrogen-bond acceptors (Lipinski definition) is 8. The smallest absolute Gasteiger partial charge is 0.263 e. The highest BCUT2D eigenvalue weighted by molar-refractivity contribution is 7.99. The lowest BCUT2D eigenvalue weighted by Crippen LogP contribution is -2.30. The van der Waals surface area contributed by atoms with Crippen LogP contribution in [0.15, 0.2) is 46.9 Å². The molecule has 1 aromatic carbocycles. The number of nitrogens with zero attached hydrogens (tertiary/aromatic N) is 7. The number of anilines is 2. The molecule has 1 fully saturated rings. The summed E-state index contributed by atoms with van der Waals surface area (Å²) in [6.45, 7) is 5.88. The average molecular weight is 466 g/mol. The molecule has 0 aliphatic carbocycles. The van der Waals surface area contributed by atoms with Crippen LogP contribution in [-0.4, -0.2) is 59.1 Å². The minimum atomic E-state index is -0.248. The topological polar surface area (TPSA) is 126 Å². The van der Waals surface area contributed by atoms with Gasteiger partial charge < -0.3 is 4.90 Å². The number of para-hydroxylation sites is 1. The SMILES string of the molecule is C=CCn1c(=O)c2ccccc2n2c(SCC(=O)Nc3nc(N4CCCCC4)n[nH]3)nnc12. The van der Waals surface area contributed by atoms with E-state index in [0.717, 1.165) is 25.9 Å². The Balaban J connectivity index is 1.35. The summed E-state index contributed by atoms with van der Waals surface area (Å²) in [5.74, 6) is 1.17. The Morgan fingerprint density at radius 1 is 1.21 bits per heavy atom. The van der Waals surface area contributed by atoms with Gasteiger partial charge in [0.05, 0.1) is 16.7 Å². The standard InChI is InChI=1S/C21H23N9O2S/c1-2-10-29-17(32)14-8-4-5-9-15(14)30-20(29)26-27-21(30)33-13-16(31)22-18-23-19(25-24-18)28-11-6-3-7-12-28/h2,4-5,8-9H,1,3,6-7,10-13H2,(H2,22,23,24,25,31). The Kier molecular flexibility index (Phi) is 5.82. The fraction of sp³-hybridized carbons (Fsp3) is 0.333. The number of nitrogens with one attached hydrogen (secondary N) is 2. The quantitative estimate of drug-likeness (QED) is 0.314. The number of thioether (sulfide) groups is 1. The van der Waals surface area contributed by atoms with Gasteiger partial charge in [0.2, 0.25) is 23.6 Å². The summed E-state index contributed by atoms with van der Waals surface area (Å²) in [7, 11) is 0. The molecule has 33 heavy (non-hydrogen) atoms. The molecule has 0 unspecified atom stereocenters. The molecule has 12 heteroatoms. The Hall–Kier alpha value is -3.67. The molecule has 2 N–H and O–H groups in total. The van der Waals surface area contributed by atoms with Crippen molar-refractivity contribution < 1.29 is 4.79 Å². The van der Waals surface area contributed by atoms with E-state index in [1.165, 1.54) is 22.7 Å². The van der Waals surface area contributed by atoms with Crippen LogP contribution in [0.4, 0.5) is 11.9 Å². The number of H-pyrrole nitrogens is 1. The molecule has 170 valence electrons. The van der Waals surface area contributed by atoms with Crippen molar-refractivity contribution in [1.29, 1.82) is 0 Å². The van der Waals surface area contributed by atoms with Crippen molar-refractivity contribution in [2.45, 2.75) is 31.0 Å². The number of piperidine rings is 1. The molecule has 0 atom stereocenters. The number of carbonyl (C=O) groups is 1. The van der Waals surface area contributed by atoms with Crippen molar-refractivity contribution in [3.8, 4) is 0 Å². The Morgan fingerprint density at radius 3 is 2.85 bits per heavy atom. The van der Waals surface area contributed by atoms with Gasteiger partial charge in [0.15, 0.2) is 5.16 Å². The lowest BCUT2D eigenvalue weighted by molar-refractivity contribution is -0.113. The minimum absolute atomic E-state index is 0.0927. The maximum Gasteiger partial charge on any atom is 0.263 e. The van der Waals surface area contributed by atoms with Crippen LogP contribution in [0.25, 0.3) is 16.7 Å². The number of rotatable bonds is 7. The van der Waals surface area contributed by atoms with Gasteiger partial charge in [0.1, 0.15) is 0 Å². The van der Waals surface area contributed by atoms with E-state index in [1.807, 2.05) is 18.2 Å². The number of aromatic amines is 1. The van der Waals surface area contributed by atoms with Gasteiger partial charge in [-0.05, 0) is 31.4 Å². The normalized spacial score (nSPS) is 14.1. The molecule has 1 amide bonds. The number of amides is 1. The summed E-state index contributed by atoms with van der Waals surface area (Å²) in [5.41, 5.74) is 0.529. The molecule has 3 aromatic heterocycles. The predicted octanol–water partition coefficient (Wildman–Crippen LogP) is 2.07. The van der Waals surface area contributed by atoms with E-state index in [-0.39, 0.29) is 17.2 Å². The van der Waals surface area contributed by atoms with Crippen molar-refractivity contribution >= 4 is 46.2 Å². The van der Waals surface area contributed by atoms with Crippen LogP contribution in [0.5, 0.6) is 0 Å². The molecule has 0 bridgehead atoms. The molecule has 1 aliphatic heterocycles. The largest absolute Gasteiger partial charge is 0.340 e. The highest BCUT2D eigenvalue weighted by Gasteiger charge is 2.19. The first-order valence-corrected chi connectivity index (χ1v) is 11.7. The Labute approximate surface area is 192 Å². The zero-order chi connectivity index (χ0) is 22.8. The summed E-state index contributed by atoms with van der Waals surface area (Å²) in [5, 5.41) is 19.2. The van der Waals surface area contributed by atoms with E-state index in [0.29, 0.717) is 40.3 Å². The second-order valence-electron chi connectivity index (χ2n) is 7.71. The highest BCUT2D eigenvalue weighted by atomic mass is 32.2. The zero-order valence-corrected chi connectivity index (χ0v) is 18.7.